The molecule has 5 heteroatoms. The number of aryl methyl sites for hydroxylation is 1. The van der Waals surface area contributed by atoms with Gasteiger partial charge in [0.15, 0.2) is 0 Å². The van der Waals surface area contributed by atoms with Crippen molar-refractivity contribution in [1.29, 1.82) is 0 Å². The Morgan fingerprint density at radius 1 is 1.19 bits per heavy atom. The maximum Gasteiger partial charge on any atom is 0.305 e. The molecular weight excluding hydrogens is 266 g/mol. The smallest absolute Gasteiger partial charge is 0.305 e. The monoisotopic (exact) mass is 289 g/mol. The van der Waals surface area contributed by atoms with E-state index in [1.807, 2.05) is 0 Å². The summed E-state index contributed by atoms with van der Waals surface area (Å²) in [6, 6.07) is 0.0819. The van der Waals surface area contributed by atoms with Crippen LogP contribution in [0.1, 0.15) is 56.2 Å². The SMILES string of the molecule is O=C(O)CC1CCCCN1c1ncnc2c1CCCCC2. The van der Waals surface area contributed by atoms with Crippen molar-refractivity contribution in [3.63, 3.8) is 0 Å². The highest BCUT2D eigenvalue weighted by Gasteiger charge is 2.28. The van der Waals surface area contributed by atoms with Gasteiger partial charge in [-0.3, -0.25) is 4.79 Å². The third-order valence-corrected chi connectivity index (χ3v) is 4.66. The van der Waals surface area contributed by atoms with Crippen LogP contribution in [-0.2, 0) is 17.6 Å². The number of aromatic nitrogens is 2. The number of hydrogen-bond acceptors (Lipinski definition) is 4. The minimum Gasteiger partial charge on any atom is -0.481 e. The molecule has 0 aromatic carbocycles. The van der Waals surface area contributed by atoms with Crippen molar-refractivity contribution in [1.82, 2.24) is 9.97 Å². The average molecular weight is 289 g/mol. The van der Waals surface area contributed by atoms with E-state index < -0.39 is 5.97 Å². The van der Waals surface area contributed by atoms with Crippen molar-refractivity contribution >= 4 is 11.8 Å². The van der Waals surface area contributed by atoms with Gasteiger partial charge in [-0.25, -0.2) is 9.97 Å². The van der Waals surface area contributed by atoms with Gasteiger partial charge in [0, 0.05) is 23.8 Å². The molecule has 0 radical (unpaired) electrons. The van der Waals surface area contributed by atoms with Gasteiger partial charge < -0.3 is 10.0 Å². The fourth-order valence-corrected chi connectivity index (χ4v) is 3.62. The van der Waals surface area contributed by atoms with E-state index in [2.05, 4.69) is 14.9 Å². The summed E-state index contributed by atoms with van der Waals surface area (Å²) in [6.07, 6.45) is 10.7. The Hall–Kier alpha value is -1.65. The molecule has 1 unspecified atom stereocenters. The quantitative estimate of drug-likeness (QED) is 0.866. The fourth-order valence-electron chi connectivity index (χ4n) is 3.62. The first kappa shape index (κ1) is 14.3. The van der Waals surface area contributed by atoms with E-state index in [1.54, 1.807) is 6.33 Å². The summed E-state index contributed by atoms with van der Waals surface area (Å²) >= 11 is 0. The second-order valence-electron chi connectivity index (χ2n) is 6.12. The van der Waals surface area contributed by atoms with Crippen molar-refractivity contribution in [3.05, 3.63) is 17.6 Å². The van der Waals surface area contributed by atoms with Gasteiger partial charge in [-0.15, -0.1) is 0 Å². The summed E-state index contributed by atoms with van der Waals surface area (Å²) in [5, 5.41) is 9.15. The molecule has 1 aromatic heterocycles. The molecule has 1 fully saturated rings. The number of anilines is 1. The highest BCUT2D eigenvalue weighted by molar-refractivity contribution is 5.68. The number of nitrogens with zero attached hydrogens (tertiary/aromatic N) is 3. The lowest BCUT2D eigenvalue weighted by atomic mass is 9.98. The van der Waals surface area contributed by atoms with Crippen molar-refractivity contribution in [3.8, 4) is 0 Å². The Balaban J connectivity index is 1.92. The van der Waals surface area contributed by atoms with Crippen LogP contribution < -0.4 is 4.90 Å². The van der Waals surface area contributed by atoms with Crippen LogP contribution >= 0.6 is 0 Å². The van der Waals surface area contributed by atoms with Gasteiger partial charge in [-0.2, -0.15) is 0 Å². The highest BCUT2D eigenvalue weighted by Crippen LogP contribution is 2.31. The molecular formula is C16H23N3O2. The summed E-state index contributed by atoms with van der Waals surface area (Å²) in [5.74, 6) is 0.292. The highest BCUT2D eigenvalue weighted by atomic mass is 16.4. The molecule has 1 N–H and O–H groups in total. The largest absolute Gasteiger partial charge is 0.481 e. The van der Waals surface area contributed by atoms with Crippen molar-refractivity contribution < 1.29 is 9.90 Å². The third kappa shape index (κ3) is 3.17. The zero-order valence-corrected chi connectivity index (χ0v) is 12.4. The van der Waals surface area contributed by atoms with Crippen molar-refractivity contribution in [2.24, 2.45) is 0 Å². The molecule has 114 valence electrons. The second kappa shape index (κ2) is 6.41. The van der Waals surface area contributed by atoms with Crippen LogP contribution in [0.2, 0.25) is 0 Å². The van der Waals surface area contributed by atoms with Crippen LogP contribution in [0.5, 0.6) is 0 Å². The third-order valence-electron chi connectivity index (χ3n) is 4.66. The summed E-state index contributed by atoms with van der Waals surface area (Å²) in [5.41, 5.74) is 2.45. The van der Waals surface area contributed by atoms with Crippen LogP contribution in [0.3, 0.4) is 0 Å². The number of carboxylic acids is 1. The van der Waals surface area contributed by atoms with E-state index in [4.69, 9.17) is 5.11 Å². The van der Waals surface area contributed by atoms with Gasteiger partial charge in [0.1, 0.15) is 12.1 Å². The zero-order valence-electron chi connectivity index (χ0n) is 12.4. The van der Waals surface area contributed by atoms with E-state index >= 15 is 0 Å². The number of hydrogen-bond donors (Lipinski definition) is 1. The van der Waals surface area contributed by atoms with Crippen LogP contribution in [0.15, 0.2) is 6.33 Å². The van der Waals surface area contributed by atoms with Gasteiger partial charge in [-0.1, -0.05) is 6.42 Å². The maximum absolute atomic E-state index is 11.1. The van der Waals surface area contributed by atoms with Gasteiger partial charge in [0.25, 0.3) is 0 Å². The number of aliphatic carboxylic acids is 1. The first-order valence-corrected chi connectivity index (χ1v) is 8.07. The van der Waals surface area contributed by atoms with E-state index in [1.165, 1.54) is 30.5 Å². The first-order chi connectivity index (χ1) is 10.3. The molecule has 2 aliphatic rings. The first-order valence-electron chi connectivity index (χ1n) is 8.07. The van der Waals surface area contributed by atoms with Crippen LogP contribution in [0, 0.1) is 0 Å². The topological polar surface area (TPSA) is 66.3 Å². The predicted molar refractivity (Wildman–Crippen MR) is 80.5 cm³/mol. The standard InChI is InChI=1S/C16H23N3O2/c20-15(21)10-12-6-4-5-9-19(12)16-13-7-2-1-3-8-14(13)17-11-18-16/h11-12H,1-10H2,(H,20,21). The van der Waals surface area contributed by atoms with E-state index in [0.29, 0.717) is 0 Å². The minimum atomic E-state index is -0.716. The molecule has 1 aromatic rings. The number of carboxylic acid groups (broad SMARTS) is 1. The van der Waals surface area contributed by atoms with E-state index in [-0.39, 0.29) is 12.5 Å². The molecule has 1 aliphatic carbocycles. The van der Waals surface area contributed by atoms with Gasteiger partial charge in [0.05, 0.1) is 6.42 Å². The molecule has 1 saturated heterocycles. The Bertz CT molecular complexity index is 518. The Kier molecular flexibility index (Phi) is 4.36. The Labute approximate surface area is 125 Å². The van der Waals surface area contributed by atoms with E-state index in [9.17, 15) is 4.79 Å². The number of rotatable bonds is 3. The molecule has 0 amide bonds. The lowest BCUT2D eigenvalue weighted by Gasteiger charge is -2.37. The number of carbonyl (C=O) groups is 1. The minimum absolute atomic E-state index is 0.0819. The molecule has 1 atom stereocenters. The Morgan fingerprint density at radius 3 is 2.90 bits per heavy atom. The molecule has 1 aliphatic heterocycles. The van der Waals surface area contributed by atoms with Gasteiger partial charge >= 0.3 is 5.97 Å². The van der Waals surface area contributed by atoms with Crippen LogP contribution in [0.25, 0.3) is 0 Å². The Morgan fingerprint density at radius 2 is 2.05 bits per heavy atom. The fraction of sp³-hybridized carbons (Fsp3) is 0.688. The second-order valence-corrected chi connectivity index (χ2v) is 6.12. The van der Waals surface area contributed by atoms with Crippen molar-refractivity contribution in [2.45, 2.75) is 63.8 Å². The molecule has 3 rings (SSSR count). The summed E-state index contributed by atoms with van der Waals surface area (Å²) in [4.78, 5) is 22.4. The molecule has 2 heterocycles. The van der Waals surface area contributed by atoms with Gasteiger partial charge in [-0.05, 0) is 44.9 Å². The zero-order chi connectivity index (χ0) is 14.7. The maximum atomic E-state index is 11.1. The number of fused-ring (bicyclic) bond motifs is 1. The average Bonchev–Trinajstić information content (AvgIpc) is 2.72. The molecule has 21 heavy (non-hydrogen) atoms. The van der Waals surface area contributed by atoms with E-state index in [0.717, 1.165) is 44.5 Å². The van der Waals surface area contributed by atoms with Gasteiger partial charge in [0.2, 0.25) is 0 Å². The number of piperidine rings is 1. The van der Waals surface area contributed by atoms with Crippen LogP contribution in [0.4, 0.5) is 5.82 Å². The normalized spacial score (nSPS) is 22.5. The summed E-state index contributed by atoms with van der Waals surface area (Å²) < 4.78 is 0. The molecule has 0 saturated carbocycles. The lowest BCUT2D eigenvalue weighted by molar-refractivity contribution is -0.137. The molecule has 5 nitrogen and oxygen atoms in total. The lowest BCUT2D eigenvalue weighted by Crippen LogP contribution is -2.42. The predicted octanol–water partition coefficient (Wildman–Crippen LogP) is 2.58. The molecule has 0 bridgehead atoms. The summed E-state index contributed by atoms with van der Waals surface area (Å²) in [6.45, 7) is 0.918. The van der Waals surface area contributed by atoms with Crippen LogP contribution in [-0.4, -0.2) is 33.6 Å². The summed E-state index contributed by atoms with van der Waals surface area (Å²) in [7, 11) is 0. The molecule has 0 spiro atoms. The van der Waals surface area contributed by atoms with Crippen molar-refractivity contribution in [2.75, 3.05) is 11.4 Å².